The van der Waals surface area contributed by atoms with E-state index in [1.54, 1.807) is 12.1 Å². The Kier molecular flexibility index (Phi) is 6.15. The van der Waals surface area contributed by atoms with Gasteiger partial charge in [0.2, 0.25) is 0 Å². The molecule has 0 atom stereocenters. The van der Waals surface area contributed by atoms with Crippen LogP contribution in [0.5, 0.6) is 0 Å². The maximum Gasteiger partial charge on any atom is 0.257 e. The summed E-state index contributed by atoms with van der Waals surface area (Å²) in [5.41, 5.74) is 3.89. The molecule has 0 aliphatic carbocycles. The number of aliphatic imine (C=N–C) groups is 1. The predicted octanol–water partition coefficient (Wildman–Crippen LogP) is 3.60. The second kappa shape index (κ2) is 8.57. The van der Waals surface area contributed by atoms with Gasteiger partial charge in [-0.15, -0.1) is 12.4 Å². The average Bonchev–Trinajstić information content (AvgIpc) is 3.27. The lowest BCUT2D eigenvalue weighted by Gasteiger charge is -2.09. The van der Waals surface area contributed by atoms with Crippen molar-refractivity contribution >= 4 is 24.0 Å². The maximum absolute atomic E-state index is 13.2. The van der Waals surface area contributed by atoms with Gasteiger partial charge in [0.15, 0.2) is 5.69 Å². The molecule has 3 aromatic rings. The van der Waals surface area contributed by atoms with Crippen LogP contribution in [0.2, 0.25) is 0 Å². The molecule has 0 radical (unpaired) electrons. The lowest BCUT2D eigenvalue weighted by Crippen LogP contribution is -2.43. The molecular formula is C22H23ClFN3O. The first-order valence-electron chi connectivity index (χ1n) is 9.35. The smallest absolute Gasteiger partial charge is 0.257 e. The second-order valence-corrected chi connectivity index (χ2v) is 6.85. The number of imidazole rings is 1. The summed E-state index contributed by atoms with van der Waals surface area (Å²) in [7, 11) is 0. The average molecular weight is 400 g/mol. The van der Waals surface area contributed by atoms with Crippen molar-refractivity contribution in [2.75, 3.05) is 0 Å². The van der Waals surface area contributed by atoms with Crippen LogP contribution in [0.25, 0.3) is 11.3 Å². The minimum atomic E-state index is -0.247. The van der Waals surface area contributed by atoms with Gasteiger partial charge in [-0.05, 0) is 54.8 Å². The Morgan fingerprint density at radius 3 is 2.54 bits per heavy atom. The molecule has 0 unspecified atom stereocenters. The van der Waals surface area contributed by atoms with Gasteiger partial charge in [0.25, 0.3) is 5.82 Å². The minimum Gasteiger partial charge on any atom is -0.859 e. The molecular weight excluding hydrogens is 377 g/mol. The van der Waals surface area contributed by atoms with Crippen LogP contribution in [0.15, 0.2) is 59.7 Å². The summed E-state index contributed by atoms with van der Waals surface area (Å²) < 4.78 is 17.4. The fraction of sp³-hybridized carbons (Fsp3) is 0.273. The van der Waals surface area contributed by atoms with E-state index in [0.717, 1.165) is 42.9 Å². The van der Waals surface area contributed by atoms with E-state index in [4.69, 9.17) is 0 Å². The number of nitrogens with zero attached hydrogens (tertiary/aromatic N) is 3. The van der Waals surface area contributed by atoms with E-state index in [1.165, 1.54) is 17.7 Å². The van der Waals surface area contributed by atoms with Crippen LogP contribution in [-0.2, 0) is 25.9 Å². The van der Waals surface area contributed by atoms with Gasteiger partial charge in [0.05, 0.1) is 18.7 Å². The summed E-state index contributed by atoms with van der Waals surface area (Å²) in [5, 5.41) is 12.5. The molecule has 0 bridgehead atoms. The van der Waals surface area contributed by atoms with Crippen molar-refractivity contribution in [1.82, 2.24) is 4.57 Å². The first-order valence-corrected chi connectivity index (χ1v) is 9.35. The number of benzene rings is 2. The van der Waals surface area contributed by atoms with Gasteiger partial charge in [0, 0.05) is 11.5 Å². The van der Waals surface area contributed by atoms with Crippen molar-refractivity contribution in [3.8, 4) is 11.3 Å². The molecule has 2 aromatic carbocycles. The predicted molar refractivity (Wildman–Crippen MR) is 109 cm³/mol. The third-order valence-corrected chi connectivity index (χ3v) is 5.04. The number of hydrogen-bond donors (Lipinski definition) is 0. The largest absolute Gasteiger partial charge is 0.859 e. The molecule has 1 aliphatic rings. The molecule has 0 N–H and O–H groups in total. The molecule has 6 heteroatoms. The topological polar surface area (TPSA) is 44.2 Å². The zero-order valence-corrected chi connectivity index (χ0v) is 16.6. The molecule has 4 nitrogen and oxygen atoms in total. The van der Waals surface area contributed by atoms with Crippen molar-refractivity contribution in [2.45, 2.75) is 39.3 Å². The monoisotopic (exact) mass is 399 g/mol. The first kappa shape index (κ1) is 20.1. The van der Waals surface area contributed by atoms with Gasteiger partial charge in [-0.2, -0.15) is 0 Å². The van der Waals surface area contributed by atoms with Crippen molar-refractivity contribution in [3.63, 3.8) is 0 Å². The molecule has 0 saturated heterocycles. The molecule has 0 saturated carbocycles. The zero-order valence-electron chi connectivity index (χ0n) is 15.8. The highest BCUT2D eigenvalue weighted by Crippen LogP contribution is 2.25. The fourth-order valence-corrected chi connectivity index (χ4v) is 3.63. The summed E-state index contributed by atoms with van der Waals surface area (Å²) in [6.07, 6.45) is 4.93. The quantitative estimate of drug-likeness (QED) is 0.367. The molecule has 1 aromatic heterocycles. The van der Waals surface area contributed by atoms with Crippen LogP contribution in [0.1, 0.15) is 24.7 Å². The Morgan fingerprint density at radius 1 is 1.14 bits per heavy atom. The van der Waals surface area contributed by atoms with Gasteiger partial charge in [-0.1, -0.05) is 19.1 Å². The minimum absolute atomic E-state index is 0. The van der Waals surface area contributed by atoms with Gasteiger partial charge < -0.3 is 5.11 Å². The van der Waals surface area contributed by atoms with Crippen molar-refractivity contribution in [2.24, 2.45) is 4.99 Å². The van der Waals surface area contributed by atoms with E-state index in [9.17, 15) is 9.50 Å². The van der Waals surface area contributed by atoms with E-state index in [2.05, 4.69) is 16.5 Å². The third-order valence-electron chi connectivity index (χ3n) is 5.04. The molecule has 28 heavy (non-hydrogen) atoms. The Labute approximate surface area is 170 Å². The number of halogens is 2. The van der Waals surface area contributed by atoms with Crippen molar-refractivity contribution < 1.29 is 14.1 Å². The van der Waals surface area contributed by atoms with E-state index in [1.807, 2.05) is 35.0 Å². The third kappa shape index (κ3) is 4.09. The molecule has 146 valence electrons. The highest BCUT2D eigenvalue weighted by molar-refractivity contribution is 5.85. The van der Waals surface area contributed by atoms with Crippen molar-refractivity contribution in [1.29, 1.82) is 0 Å². The Balaban J connectivity index is 0.00000225. The molecule has 2 heterocycles. The van der Waals surface area contributed by atoms with Crippen LogP contribution in [0.3, 0.4) is 0 Å². The van der Waals surface area contributed by atoms with Crippen LogP contribution in [0.4, 0.5) is 10.1 Å². The highest BCUT2D eigenvalue weighted by Gasteiger charge is 2.28. The summed E-state index contributed by atoms with van der Waals surface area (Å²) in [5.74, 6) is 0.706. The van der Waals surface area contributed by atoms with Gasteiger partial charge in [0.1, 0.15) is 18.6 Å². The molecule has 1 aliphatic heterocycles. The van der Waals surface area contributed by atoms with Crippen LogP contribution >= 0.6 is 12.4 Å². The zero-order chi connectivity index (χ0) is 18.8. The molecule has 0 fully saturated rings. The van der Waals surface area contributed by atoms with Crippen LogP contribution < -0.4 is 9.67 Å². The van der Waals surface area contributed by atoms with Crippen LogP contribution in [0, 0.1) is 5.82 Å². The normalized spacial score (nSPS) is 13.3. The van der Waals surface area contributed by atoms with E-state index < -0.39 is 0 Å². The summed E-state index contributed by atoms with van der Waals surface area (Å²) >= 11 is 0. The molecule has 0 amide bonds. The number of rotatable bonds is 5. The Morgan fingerprint density at radius 2 is 1.86 bits per heavy atom. The lowest BCUT2D eigenvalue weighted by molar-refractivity contribution is -0.693. The molecule has 4 rings (SSSR count). The van der Waals surface area contributed by atoms with E-state index >= 15 is 0 Å². The van der Waals surface area contributed by atoms with Gasteiger partial charge >= 0.3 is 0 Å². The van der Waals surface area contributed by atoms with Gasteiger partial charge in [-0.3, -0.25) is 4.99 Å². The number of aryl methyl sites for hydroxylation is 1. The highest BCUT2D eigenvalue weighted by atomic mass is 35.5. The van der Waals surface area contributed by atoms with Crippen LogP contribution in [-0.4, -0.2) is 10.5 Å². The van der Waals surface area contributed by atoms with E-state index in [-0.39, 0.29) is 30.7 Å². The SMILES string of the molecule is CCc1ccc(N=C([O-])C[n+]2cc(-c3ccc(F)cc3)n3c2CCC3)cc1.Cl. The Bertz CT molecular complexity index is 978. The summed E-state index contributed by atoms with van der Waals surface area (Å²) in [6, 6.07) is 14.3. The maximum atomic E-state index is 13.2. The van der Waals surface area contributed by atoms with Gasteiger partial charge in [-0.25, -0.2) is 13.5 Å². The summed E-state index contributed by atoms with van der Waals surface area (Å²) in [4.78, 5) is 4.23. The number of fused-ring (bicyclic) bond motifs is 1. The van der Waals surface area contributed by atoms with E-state index in [0.29, 0.717) is 5.69 Å². The fourth-order valence-electron chi connectivity index (χ4n) is 3.63. The number of hydrogen-bond acceptors (Lipinski definition) is 2. The number of aromatic nitrogens is 2. The molecule has 0 spiro atoms. The lowest BCUT2D eigenvalue weighted by atomic mass is 10.1. The first-order chi connectivity index (χ1) is 13.1. The summed E-state index contributed by atoms with van der Waals surface area (Å²) in [6.45, 7) is 3.23. The second-order valence-electron chi connectivity index (χ2n) is 6.85. The Hall–Kier alpha value is -2.66. The van der Waals surface area contributed by atoms with Crippen molar-refractivity contribution in [3.05, 3.63) is 71.9 Å². The standard InChI is InChI=1S/C22H22FN3O.ClH/c1-2-16-5-11-19(12-6-16)24-21(27)15-25-14-20(26-13-3-4-22(25)26)17-7-9-18(23)10-8-17;/h5-12,14H,2-4,13,15H2,1H3;1H.